The highest BCUT2D eigenvalue weighted by Gasteiger charge is 2.51. The molecule has 0 spiro atoms. The van der Waals surface area contributed by atoms with Gasteiger partial charge < -0.3 is 19.4 Å². The lowest BCUT2D eigenvalue weighted by Crippen LogP contribution is -2.37. The van der Waals surface area contributed by atoms with Crippen LogP contribution >= 0.6 is 0 Å². The van der Waals surface area contributed by atoms with Crippen LogP contribution in [-0.4, -0.2) is 23.2 Å². The van der Waals surface area contributed by atoms with E-state index in [0.717, 1.165) is 11.8 Å². The number of hydrogen-bond acceptors (Lipinski definition) is 5. The molecule has 0 radical (unpaired) electrons. The molecule has 1 N–H and O–H groups in total. The molecule has 0 unspecified atom stereocenters. The molecule has 3 aromatic rings. The van der Waals surface area contributed by atoms with Crippen LogP contribution in [0, 0.1) is 17.5 Å². The van der Waals surface area contributed by atoms with Crippen molar-refractivity contribution in [2.45, 2.75) is 50.8 Å². The summed E-state index contributed by atoms with van der Waals surface area (Å²) < 4.78 is 58.1. The summed E-state index contributed by atoms with van der Waals surface area (Å²) in [6.45, 7) is 1.45. The molecular formula is C26H23F3N2O5. The lowest BCUT2D eigenvalue weighted by atomic mass is 9.98. The first-order chi connectivity index (χ1) is 17.3. The average molecular weight is 500 g/mol. The van der Waals surface area contributed by atoms with Crippen LogP contribution in [0.4, 0.5) is 18.0 Å². The fraction of sp³-hybridized carbons (Fsp3) is 0.346. The van der Waals surface area contributed by atoms with E-state index in [0.29, 0.717) is 12.8 Å². The minimum atomic E-state index is -1.58. The molecule has 10 heteroatoms. The quantitative estimate of drug-likeness (QED) is 0.370. The van der Waals surface area contributed by atoms with E-state index in [1.165, 1.54) is 11.5 Å². The maximum absolute atomic E-state index is 16.0. The van der Waals surface area contributed by atoms with Gasteiger partial charge in [0, 0.05) is 12.2 Å². The van der Waals surface area contributed by atoms with Crippen molar-refractivity contribution in [2.24, 2.45) is 0 Å². The van der Waals surface area contributed by atoms with Gasteiger partial charge in [0.1, 0.15) is 12.2 Å². The monoisotopic (exact) mass is 500 g/mol. The van der Waals surface area contributed by atoms with Crippen LogP contribution in [0.15, 0.2) is 41.3 Å². The van der Waals surface area contributed by atoms with Crippen molar-refractivity contribution in [3.05, 3.63) is 80.9 Å². The molecule has 0 bridgehead atoms. The van der Waals surface area contributed by atoms with Crippen molar-refractivity contribution in [3.63, 3.8) is 0 Å². The van der Waals surface area contributed by atoms with Gasteiger partial charge >= 0.3 is 12.1 Å². The number of rotatable bonds is 7. The number of aromatic nitrogens is 1. The Kier molecular flexibility index (Phi) is 5.97. The third-order valence-electron chi connectivity index (χ3n) is 6.51. The Morgan fingerprint density at radius 1 is 1.06 bits per heavy atom. The number of nitrogens with zero attached hydrogens (tertiary/aromatic N) is 1. The molecule has 1 heterocycles. The van der Waals surface area contributed by atoms with Gasteiger partial charge in [0.15, 0.2) is 17.5 Å². The standard InChI is InChI=1S/C26H23F3N2O5/c1-2-35-24(33)16-12-31(15-8-9-15)22-17(23(16)32)19(27)20(28)18(21(22)29)26(10-11-26)30-25(34)36-13-14-6-4-3-5-7-14/h3-7,12,15H,2,8-11,13H2,1H3,(H,30,34). The fourth-order valence-corrected chi connectivity index (χ4v) is 4.43. The summed E-state index contributed by atoms with van der Waals surface area (Å²) in [6, 6.07) is 8.56. The number of carbonyl (C=O) groups is 2. The predicted octanol–water partition coefficient (Wildman–Crippen LogP) is 4.85. The van der Waals surface area contributed by atoms with Crippen LogP contribution < -0.4 is 10.7 Å². The zero-order valence-corrected chi connectivity index (χ0v) is 19.4. The Morgan fingerprint density at radius 3 is 2.36 bits per heavy atom. The fourth-order valence-electron chi connectivity index (χ4n) is 4.43. The summed E-state index contributed by atoms with van der Waals surface area (Å²) in [5.41, 5.74) is -3.54. The molecule has 2 aliphatic carbocycles. The van der Waals surface area contributed by atoms with Crippen LogP contribution in [0.5, 0.6) is 0 Å². The molecule has 5 rings (SSSR count). The van der Waals surface area contributed by atoms with Crippen molar-refractivity contribution < 1.29 is 32.2 Å². The maximum Gasteiger partial charge on any atom is 0.408 e. The van der Waals surface area contributed by atoms with E-state index < -0.39 is 62.5 Å². The largest absolute Gasteiger partial charge is 0.462 e. The van der Waals surface area contributed by atoms with Gasteiger partial charge in [-0.1, -0.05) is 30.3 Å². The van der Waals surface area contributed by atoms with E-state index in [1.807, 2.05) is 0 Å². The number of hydrogen-bond donors (Lipinski definition) is 1. The SMILES string of the molecule is CCOC(=O)c1cn(C2CC2)c2c(F)c(C3(NC(=O)OCc4ccccc4)CC3)c(F)c(F)c2c1=O. The summed E-state index contributed by atoms with van der Waals surface area (Å²) >= 11 is 0. The van der Waals surface area contributed by atoms with Crippen molar-refractivity contribution >= 4 is 23.0 Å². The first kappa shape index (κ1) is 23.9. The third kappa shape index (κ3) is 4.10. The number of esters is 1. The first-order valence-electron chi connectivity index (χ1n) is 11.7. The number of nitrogens with one attached hydrogen (secondary N) is 1. The van der Waals surface area contributed by atoms with Crippen LogP contribution in [0.25, 0.3) is 10.9 Å². The summed E-state index contributed by atoms with van der Waals surface area (Å²) in [7, 11) is 0. The van der Waals surface area contributed by atoms with Crippen molar-refractivity contribution in [1.29, 1.82) is 0 Å². The van der Waals surface area contributed by atoms with Gasteiger partial charge in [-0.3, -0.25) is 4.79 Å². The maximum atomic E-state index is 16.0. The molecule has 7 nitrogen and oxygen atoms in total. The summed E-state index contributed by atoms with van der Waals surface area (Å²) in [5, 5.41) is 1.63. The molecule has 2 fully saturated rings. The minimum Gasteiger partial charge on any atom is -0.462 e. The van der Waals surface area contributed by atoms with E-state index in [-0.39, 0.29) is 32.1 Å². The van der Waals surface area contributed by atoms with E-state index in [2.05, 4.69) is 5.32 Å². The van der Waals surface area contributed by atoms with E-state index in [4.69, 9.17) is 9.47 Å². The highest BCUT2D eigenvalue weighted by molar-refractivity contribution is 5.94. The molecule has 36 heavy (non-hydrogen) atoms. The van der Waals surface area contributed by atoms with Crippen LogP contribution in [0.3, 0.4) is 0 Å². The third-order valence-corrected chi connectivity index (χ3v) is 6.51. The highest BCUT2D eigenvalue weighted by atomic mass is 19.2. The molecule has 1 amide bonds. The Bertz CT molecular complexity index is 1430. The Morgan fingerprint density at radius 2 is 1.75 bits per heavy atom. The lowest BCUT2D eigenvalue weighted by Gasteiger charge is -2.22. The number of halogens is 3. The second-order valence-electron chi connectivity index (χ2n) is 9.04. The summed E-state index contributed by atoms with van der Waals surface area (Å²) in [4.78, 5) is 37.7. The van der Waals surface area contributed by atoms with Gasteiger partial charge in [-0.15, -0.1) is 0 Å². The van der Waals surface area contributed by atoms with Gasteiger partial charge in [0.05, 0.1) is 28.6 Å². The zero-order chi connectivity index (χ0) is 25.6. The molecule has 2 aromatic carbocycles. The van der Waals surface area contributed by atoms with Crippen LogP contribution in [0.1, 0.15) is 60.1 Å². The second kappa shape index (κ2) is 9.00. The number of amides is 1. The lowest BCUT2D eigenvalue weighted by molar-refractivity contribution is 0.0524. The van der Waals surface area contributed by atoms with Gasteiger partial charge in [0.25, 0.3) is 0 Å². The van der Waals surface area contributed by atoms with E-state index >= 15 is 13.2 Å². The van der Waals surface area contributed by atoms with Gasteiger partial charge in [-0.05, 0) is 38.2 Å². The summed E-state index contributed by atoms with van der Waals surface area (Å²) in [5.74, 6) is -5.30. The molecule has 0 atom stereocenters. The number of carbonyl (C=O) groups excluding carboxylic acids is 2. The smallest absolute Gasteiger partial charge is 0.408 e. The van der Waals surface area contributed by atoms with Gasteiger partial charge in [0.2, 0.25) is 5.43 Å². The molecule has 2 saturated carbocycles. The van der Waals surface area contributed by atoms with Crippen molar-refractivity contribution in [2.75, 3.05) is 6.61 Å². The van der Waals surface area contributed by atoms with E-state index in [9.17, 15) is 14.4 Å². The molecule has 2 aliphatic rings. The van der Waals surface area contributed by atoms with Crippen molar-refractivity contribution in [1.82, 2.24) is 9.88 Å². The van der Waals surface area contributed by atoms with Crippen LogP contribution in [0.2, 0.25) is 0 Å². The number of benzene rings is 2. The molecule has 0 aliphatic heterocycles. The summed E-state index contributed by atoms with van der Waals surface area (Å²) in [6.07, 6.45) is 1.77. The topological polar surface area (TPSA) is 86.6 Å². The van der Waals surface area contributed by atoms with Crippen LogP contribution in [-0.2, 0) is 21.6 Å². The minimum absolute atomic E-state index is 0.0293. The molecule has 188 valence electrons. The Labute approximate surface area is 203 Å². The van der Waals surface area contributed by atoms with Crippen molar-refractivity contribution in [3.8, 4) is 0 Å². The molecular weight excluding hydrogens is 477 g/mol. The number of ether oxygens (including phenoxy) is 2. The van der Waals surface area contributed by atoms with Gasteiger partial charge in [-0.2, -0.15) is 0 Å². The average Bonchev–Trinajstić information content (AvgIpc) is 3.79. The highest BCUT2D eigenvalue weighted by Crippen LogP contribution is 2.50. The number of pyridine rings is 1. The van der Waals surface area contributed by atoms with E-state index in [1.54, 1.807) is 30.3 Å². The second-order valence-corrected chi connectivity index (χ2v) is 9.04. The molecule has 1 aromatic heterocycles. The Hall–Kier alpha value is -3.82. The molecule has 0 saturated heterocycles. The zero-order valence-electron chi connectivity index (χ0n) is 19.4. The van der Waals surface area contributed by atoms with Gasteiger partial charge in [-0.25, -0.2) is 22.8 Å². The number of fused-ring (bicyclic) bond motifs is 1. The normalized spacial score (nSPS) is 16.0. The predicted molar refractivity (Wildman–Crippen MR) is 123 cm³/mol. The number of alkyl carbamates (subject to hydrolysis) is 1. The first-order valence-corrected chi connectivity index (χ1v) is 11.7. The Balaban J connectivity index is 1.56.